The Hall–Kier alpha value is -2.38. The number of nitrogens with zero attached hydrogens (tertiary/aromatic N) is 5. The van der Waals surface area contributed by atoms with Crippen LogP contribution in [0.5, 0.6) is 0 Å². The summed E-state index contributed by atoms with van der Waals surface area (Å²) in [7, 11) is 0. The molecule has 0 aliphatic heterocycles. The zero-order valence-corrected chi connectivity index (χ0v) is 19.7. The topological polar surface area (TPSA) is 138 Å². The van der Waals surface area contributed by atoms with Gasteiger partial charge in [-0.2, -0.15) is 0 Å². The lowest BCUT2D eigenvalue weighted by Gasteiger charge is -2.17. The molecule has 2 saturated carbocycles. The van der Waals surface area contributed by atoms with Crippen molar-refractivity contribution in [2.24, 2.45) is 0 Å². The van der Waals surface area contributed by atoms with Gasteiger partial charge in [-0.25, -0.2) is 19.0 Å². The Morgan fingerprint density at radius 2 is 2.17 bits per heavy atom. The second-order valence-corrected chi connectivity index (χ2v) is 8.29. The largest absolute Gasteiger partial charge is 0.394 e. The number of halogens is 1. The first-order valence-electron chi connectivity index (χ1n) is 17.6. The van der Waals surface area contributed by atoms with Crippen LogP contribution < -0.4 is 5.32 Å². The lowest BCUT2D eigenvalue weighted by Crippen LogP contribution is -2.33. The number of rotatable bonds is 10. The number of hydrogen-bond acceptors (Lipinski definition) is 10. The molecule has 2 fully saturated rings. The van der Waals surface area contributed by atoms with Crippen LogP contribution in [0, 0.1) is 12.7 Å². The third-order valence-corrected chi connectivity index (χ3v) is 5.78. The molecule has 4 N–H and O–H groups in total. The van der Waals surface area contributed by atoms with Crippen LogP contribution in [0.1, 0.15) is 68.3 Å². The Kier molecular flexibility index (Phi) is 3.93. The fourth-order valence-electron chi connectivity index (χ4n) is 3.30. The maximum atomic E-state index is 14.5. The van der Waals surface area contributed by atoms with Gasteiger partial charge >= 0.3 is 0 Å². The van der Waals surface area contributed by atoms with E-state index < -0.39 is 102 Å². The van der Waals surface area contributed by atoms with E-state index >= 15 is 0 Å². The first kappa shape index (κ1) is 13.4. The highest BCUT2D eigenvalue weighted by Crippen LogP contribution is 2.44. The van der Waals surface area contributed by atoms with E-state index in [9.17, 15) is 19.7 Å². The molecule has 6 atom stereocenters. The summed E-state index contributed by atoms with van der Waals surface area (Å²) < 4.78 is 139. The van der Waals surface area contributed by atoms with Crippen molar-refractivity contribution in [1.82, 2.24) is 25.0 Å². The van der Waals surface area contributed by atoms with Crippen molar-refractivity contribution in [2.75, 3.05) is 24.2 Å². The van der Waals surface area contributed by atoms with Crippen LogP contribution in [-0.4, -0.2) is 83.5 Å². The van der Waals surface area contributed by atoms with E-state index in [0.717, 1.165) is 13.0 Å². The van der Waals surface area contributed by atoms with Crippen LogP contribution in [-0.2, 0) is 4.74 Å². The van der Waals surface area contributed by atoms with Gasteiger partial charge in [0.2, 0.25) is 0 Å². The fourth-order valence-corrected chi connectivity index (χ4v) is 3.76. The molecular weight excluding hydrogens is 487 g/mol. The normalized spacial score (nSPS) is 49.2. The highest BCUT2D eigenvalue weighted by atomic mass is 32.2. The monoisotopic (exact) mass is 532 g/mol. The molecule has 0 spiro atoms. The van der Waals surface area contributed by atoms with Gasteiger partial charge in [-0.05, 0) is 36.9 Å². The average molecular weight is 533 g/mol. The molecule has 36 heavy (non-hydrogen) atoms. The molecule has 0 saturated heterocycles. The number of aliphatic hydroxyl groups excluding tert-OH is 1. The van der Waals surface area contributed by atoms with Crippen LogP contribution in [0.25, 0.3) is 11.2 Å². The zero-order valence-electron chi connectivity index (χ0n) is 32.9. The first-order valence-corrected chi connectivity index (χ1v) is 11.4. The lowest BCUT2D eigenvalue weighted by molar-refractivity contribution is -0.0629. The number of ether oxygens (including phenoxy) is 1. The van der Waals surface area contributed by atoms with Gasteiger partial charge in [0.1, 0.15) is 18.0 Å². The van der Waals surface area contributed by atoms with Crippen molar-refractivity contribution in [3.8, 4) is 0 Å². The van der Waals surface area contributed by atoms with Crippen LogP contribution in [0.3, 0.4) is 0 Å². The molecule has 2 aliphatic carbocycles. The minimum atomic E-state index is -4.07. The van der Waals surface area contributed by atoms with Crippen LogP contribution >= 0.6 is 11.8 Å². The number of benzene rings is 1. The van der Waals surface area contributed by atoms with Gasteiger partial charge in [0.25, 0.3) is 0 Å². The van der Waals surface area contributed by atoms with E-state index in [2.05, 4.69) is 25.6 Å². The van der Waals surface area contributed by atoms with Gasteiger partial charge in [0, 0.05) is 36.3 Å². The average Bonchev–Trinajstić information content (AvgIpc) is 3.26. The summed E-state index contributed by atoms with van der Waals surface area (Å²) in [4.78, 5) is 8.05. The third kappa shape index (κ3) is 4.92. The molecule has 12 heteroatoms. The number of aromatic nitrogens is 5. The summed E-state index contributed by atoms with van der Waals surface area (Å²) in [6, 6.07) is -3.13. The minimum absolute atomic E-state index is 0.0275. The summed E-state index contributed by atoms with van der Waals surface area (Å²) in [5.41, 5.74) is -4.49. The van der Waals surface area contributed by atoms with Crippen LogP contribution in [0.4, 0.5) is 10.2 Å². The summed E-state index contributed by atoms with van der Waals surface area (Å²) in [6.07, 6.45) is -20.9. The fraction of sp³-hybridized carbons (Fsp3) is 0.583. The number of nitrogens with one attached hydrogen (secondary N) is 1. The molecule has 0 bridgehead atoms. The van der Waals surface area contributed by atoms with Gasteiger partial charge in [-0.3, -0.25) is 0 Å². The Morgan fingerprint density at radius 3 is 2.92 bits per heavy atom. The molecule has 10 nitrogen and oxygen atoms in total. The molecule has 194 valence electrons. The molecule has 0 radical (unpaired) electrons. The van der Waals surface area contributed by atoms with Crippen molar-refractivity contribution in [2.45, 2.75) is 74.3 Å². The number of aryl methyl sites for hydroxylation is 1. The number of thioether (sulfide) groups is 1. The number of anilines is 1. The Bertz CT molecular complexity index is 1870. The van der Waals surface area contributed by atoms with E-state index in [-0.39, 0.29) is 27.6 Å². The number of fused-ring (bicyclic) bond motifs is 1. The summed E-state index contributed by atoms with van der Waals surface area (Å²) >= 11 is 0.0275. The zero-order chi connectivity index (χ0) is 38.1. The Morgan fingerprint density at radius 1 is 1.33 bits per heavy atom. The molecule has 1 aromatic carbocycles. The molecule has 2 aliphatic rings. The van der Waals surface area contributed by atoms with Gasteiger partial charge in [-0.1, -0.05) is 36.0 Å². The van der Waals surface area contributed by atoms with Gasteiger partial charge in [0.15, 0.2) is 22.1 Å². The minimum Gasteiger partial charge on any atom is -0.394 e. The molecule has 0 unspecified atom stereocenters. The maximum absolute atomic E-state index is 14.5. The standard InChI is InChI=1S/C24H31FN6O4S/c1-3-8-36-24-27-22(26-16-10-14(16)13-5-4-12(2)15(25)9-13)19-23(28-24)31(30-29-19)17-11-18(35-7-6-32)21(34)20(17)33/h4-5,9,14,16-18,20-21,32-34H,3,6-8,10-11H2,1-2H3,(H,26,27,28)/t14-,16+,17+,18-,20-,21+/m0/s1/i3D2,8D2,10D2,11D2,14D,16D,17D,18D,20D,21D. The van der Waals surface area contributed by atoms with E-state index in [1.165, 1.54) is 19.1 Å². The molecule has 3 aromatic rings. The lowest BCUT2D eigenvalue weighted by atomic mass is 10.1. The van der Waals surface area contributed by atoms with Gasteiger partial charge < -0.3 is 25.4 Å². The van der Waals surface area contributed by atoms with E-state index in [0.29, 0.717) is 0 Å². The second-order valence-electron chi connectivity index (χ2n) is 7.52. The number of hydrogen-bond donors (Lipinski definition) is 4. The Labute approximate surface area is 232 Å². The van der Waals surface area contributed by atoms with Gasteiger partial charge in [-0.15, -0.1) is 5.10 Å². The van der Waals surface area contributed by atoms with Crippen molar-refractivity contribution in [1.29, 1.82) is 0 Å². The van der Waals surface area contributed by atoms with Crippen molar-refractivity contribution in [3.63, 3.8) is 0 Å². The second kappa shape index (κ2) is 10.5. The summed E-state index contributed by atoms with van der Waals surface area (Å²) in [6.45, 7) is 0.547. The van der Waals surface area contributed by atoms with Crippen molar-refractivity contribution in [3.05, 3.63) is 35.1 Å². The summed E-state index contributed by atoms with van der Waals surface area (Å²) in [5.74, 6) is -4.05. The predicted molar refractivity (Wildman–Crippen MR) is 133 cm³/mol. The summed E-state index contributed by atoms with van der Waals surface area (Å²) in [5, 5.41) is 40.4. The highest BCUT2D eigenvalue weighted by molar-refractivity contribution is 7.99. The first-order chi connectivity index (χ1) is 22.5. The molecule has 0 amide bonds. The third-order valence-electron chi connectivity index (χ3n) is 5.11. The van der Waals surface area contributed by atoms with E-state index in [4.69, 9.17) is 23.9 Å². The molecular formula is C24H31FN6O4S. The van der Waals surface area contributed by atoms with Crippen molar-refractivity contribution >= 4 is 28.7 Å². The smallest absolute Gasteiger partial charge is 0.191 e. The van der Waals surface area contributed by atoms with Crippen LogP contribution in [0.2, 0.25) is 0 Å². The van der Waals surface area contributed by atoms with E-state index in [1.807, 2.05) is 0 Å². The quantitative estimate of drug-likeness (QED) is 0.227. The van der Waals surface area contributed by atoms with Crippen molar-refractivity contribution < 1.29 is 43.6 Å². The van der Waals surface area contributed by atoms with Crippen LogP contribution in [0.15, 0.2) is 23.4 Å². The Balaban J connectivity index is 1.76. The SMILES string of the molecule is [2H]C([2H])(C)C([2H])([2H])Sc1nc(N[C@]2([2H])C([2H])([2H])[C@@]2([2H])c2ccc(C)c(F)c2)c2nnn([C@]3([2H])C([2H])([2H])[C@]([2H])(OCCO)[C@@]([2H])(O)[C@@]3([2H])O)c2n1. The predicted octanol–water partition coefficient (Wildman–Crippen LogP) is 2.18. The molecule has 5 rings (SSSR count). The molecule has 2 heterocycles. The van der Waals surface area contributed by atoms with E-state index in [1.54, 1.807) is 0 Å². The highest BCUT2D eigenvalue weighted by Gasteiger charge is 2.45. The maximum Gasteiger partial charge on any atom is 0.191 e. The van der Waals surface area contributed by atoms with Gasteiger partial charge in [0.05, 0.1) is 32.2 Å². The number of aliphatic hydroxyl groups is 3. The molecule has 2 aromatic heterocycles.